The highest BCUT2D eigenvalue weighted by Gasteiger charge is 2.54. The van der Waals surface area contributed by atoms with E-state index < -0.39 is 0 Å². The van der Waals surface area contributed by atoms with Crippen LogP contribution in [-0.4, -0.2) is 26.7 Å². The average Bonchev–Trinajstić information content (AvgIpc) is 3.15. The SMILES string of the molecule is CC(=O)N1c2nc(-c3ccc(Cl)cc3)nn2C2(CCCCC2)[C@@H]2CCCC[C@@H]21. The summed E-state index contributed by atoms with van der Waals surface area (Å²) in [5, 5.41) is 5.72. The number of fused-ring (bicyclic) bond motifs is 4. The van der Waals surface area contributed by atoms with Crippen molar-refractivity contribution in [2.24, 2.45) is 5.92 Å². The van der Waals surface area contributed by atoms with E-state index in [1.165, 1.54) is 38.5 Å². The van der Waals surface area contributed by atoms with Gasteiger partial charge in [0.1, 0.15) is 0 Å². The summed E-state index contributed by atoms with van der Waals surface area (Å²) in [6.45, 7) is 1.67. The summed E-state index contributed by atoms with van der Waals surface area (Å²) >= 11 is 6.07. The Morgan fingerprint density at radius 3 is 2.50 bits per heavy atom. The quantitative estimate of drug-likeness (QED) is 0.664. The summed E-state index contributed by atoms with van der Waals surface area (Å²) in [5.74, 6) is 2.01. The highest BCUT2D eigenvalue weighted by Crippen LogP contribution is 2.53. The van der Waals surface area contributed by atoms with E-state index in [9.17, 15) is 4.79 Å². The molecule has 2 aromatic rings. The second-order valence-electron chi connectivity index (χ2n) is 8.67. The number of hydrogen-bond donors (Lipinski definition) is 0. The molecule has 28 heavy (non-hydrogen) atoms. The van der Waals surface area contributed by atoms with E-state index in [0.29, 0.717) is 16.8 Å². The van der Waals surface area contributed by atoms with Gasteiger partial charge in [0.05, 0.1) is 5.54 Å². The van der Waals surface area contributed by atoms with Crippen LogP contribution in [0.5, 0.6) is 0 Å². The molecule has 1 amide bonds. The molecule has 1 aromatic heterocycles. The molecular formula is C22H27ClN4O. The van der Waals surface area contributed by atoms with E-state index in [4.69, 9.17) is 21.7 Å². The maximum absolute atomic E-state index is 12.7. The molecular weight excluding hydrogens is 372 g/mol. The molecule has 3 aliphatic rings. The van der Waals surface area contributed by atoms with E-state index in [2.05, 4.69) is 4.68 Å². The predicted octanol–water partition coefficient (Wildman–Crippen LogP) is 5.18. The molecule has 148 valence electrons. The molecule has 1 aromatic carbocycles. The smallest absolute Gasteiger partial charge is 0.231 e. The average molecular weight is 399 g/mol. The molecule has 0 N–H and O–H groups in total. The minimum atomic E-state index is 0.0162. The van der Waals surface area contributed by atoms with Crippen molar-refractivity contribution >= 4 is 23.5 Å². The van der Waals surface area contributed by atoms with Crippen LogP contribution in [0.4, 0.5) is 5.95 Å². The highest BCUT2D eigenvalue weighted by molar-refractivity contribution is 6.30. The number of amides is 1. The molecule has 1 spiro atoms. The number of carbonyl (C=O) groups excluding carboxylic acids is 1. The van der Waals surface area contributed by atoms with Crippen LogP contribution in [0.3, 0.4) is 0 Å². The van der Waals surface area contributed by atoms with Crippen LogP contribution in [0, 0.1) is 5.92 Å². The van der Waals surface area contributed by atoms with E-state index in [1.54, 1.807) is 6.92 Å². The molecule has 0 saturated heterocycles. The summed E-state index contributed by atoms with van der Waals surface area (Å²) in [4.78, 5) is 19.6. The van der Waals surface area contributed by atoms with Crippen molar-refractivity contribution in [3.8, 4) is 11.4 Å². The van der Waals surface area contributed by atoms with Crippen LogP contribution in [-0.2, 0) is 10.3 Å². The lowest BCUT2D eigenvalue weighted by molar-refractivity contribution is -0.118. The Kier molecular flexibility index (Phi) is 4.46. The van der Waals surface area contributed by atoms with Crippen molar-refractivity contribution in [2.75, 3.05) is 4.90 Å². The fourth-order valence-corrected chi connectivity index (χ4v) is 6.08. The maximum Gasteiger partial charge on any atom is 0.231 e. The molecule has 5 nitrogen and oxygen atoms in total. The van der Waals surface area contributed by atoms with Gasteiger partial charge in [0.15, 0.2) is 5.82 Å². The first-order chi connectivity index (χ1) is 13.6. The van der Waals surface area contributed by atoms with Crippen LogP contribution in [0.2, 0.25) is 5.02 Å². The standard InChI is InChI=1S/C22H27ClN4O/c1-15(28)26-19-8-4-3-7-18(19)22(13-5-2-6-14-22)27-21(26)24-20(25-27)16-9-11-17(23)12-10-16/h9-12,18-19H,2-8,13-14H2,1H3/t18-,19+/m1/s1. The van der Waals surface area contributed by atoms with Gasteiger partial charge in [0.2, 0.25) is 11.9 Å². The molecule has 2 heterocycles. The lowest BCUT2D eigenvalue weighted by Crippen LogP contribution is -2.61. The first-order valence-corrected chi connectivity index (χ1v) is 11.0. The Labute approximate surface area is 171 Å². The summed E-state index contributed by atoms with van der Waals surface area (Å²) in [5.41, 5.74) is 0.964. The Hall–Kier alpha value is -1.88. The summed E-state index contributed by atoms with van der Waals surface area (Å²) in [6, 6.07) is 7.93. The first-order valence-electron chi connectivity index (χ1n) is 10.6. The largest absolute Gasteiger partial charge is 0.278 e. The van der Waals surface area contributed by atoms with E-state index in [1.807, 2.05) is 29.2 Å². The molecule has 5 rings (SSSR count). The van der Waals surface area contributed by atoms with Gasteiger partial charge in [-0.25, -0.2) is 4.68 Å². The molecule has 0 radical (unpaired) electrons. The minimum Gasteiger partial charge on any atom is -0.278 e. The number of nitrogens with zero attached hydrogens (tertiary/aromatic N) is 4. The van der Waals surface area contributed by atoms with E-state index >= 15 is 0 Å². The third-order valence-electron chi connectivity index (χ3n) is 7.14. The topological polar surface area (TPSA) is 51.0 Å². The summed E-state index contributed by atoms with van der Waals surface area (Å²) < 4.78 is 2.16. The lowest BCUT2D eigenvalue weighted by Gasteiger charge is -2.55. The maximum atomic E-state index is 12.7. The van der Waals surface area contributed by atoms with Crippen LogP contribution in [0.15, 0.2) is 24.3 Å². The zero-order chi connectivity index (χ0) is 19.3. The van der Waals surface area contributed by atoms with Gasteiger partial charge in [0, 0.05) is 29.5 Å². The van der Waals surface area contributed by atoms with Gasteiger partial charge in [-0.1, -0.05) is 43.7 Å². The van der Waals surface area contributed by atoms with Crippen LogP contribution in [0.1, 0.15) is 64.7 Å². The molecule has 2 fully saturated rings. The van der Waals surface area contributed by atoms with Crippen LogP contribution >= 0.6 is 11.6 Å². The Morgan fingerprint density at radius 2 is 1.79 bits per heavy atom. The van der Waals surface area contributed by atoms with Gasteiger partial charge in [-0.15, -0.1) is 5.10 Å². The molecule has 2 atom stereocenters. The van der Waals surface area contributed by atoms with Crippen molar-refractivity contribution in [2.45, 2.75) is 76.3 Å². The van der Waals surface area contributed by atoms with Crippen molar-refractivity contribution in [3.05, 3.63) is 29.3 Å². The Bertz CT molecular complexity index is 884. The first kappa shape index (κ1) is 18.2. The highest BCUT2D eigenvalue weighted by atomic mass is 35.5. The monoisotopic (exact) mass is 398 g/mol. The van der Waals surface area contributed by atoms with E-state index in [-0.39, 0.29) is 17.5 Å². The van der Waals surface area contributed by atoms with E-state index in [0.717, 1.165) is 30.8 Å². The fraction of sp³-hybridized carbons (Fsp3) is 0.591. The normalized spacial score (nSPS) is 26.0. The summed E-state index contributed by atoms with van der Waals surface area (Å²) in [7, 11) is 0. The third kappa shape index (κ3) is 2.70. The van der Waals surface area contributed by atoms with Crippen molar-refractivity contribution in [1.29, 1.82) is 0 Å². The number of halogens is 1. The van der Waals surface area contributed by atoms with Crippen molar-refractivity contribution in [3.63, 3.8) is 0 Å². The van der Waals surface area contributed by atoms with Crippen molar-refractivity contribution in [1.82, 2.24) is 14.8 Å². The molecule has 2 saturated carbocycles. The van der Waals surface area contributed by atoms with Gasteiger partial charge in [-0.05, 0) is 49.9 Å². The Balaban J connectivity index is 1.69. The third-order valence-corrected chi connectivity index (χ3v) is 7.39. The number of aromatic nitrogens is 3. The molecule has 0 bridgehead atoms. The second kappa shape index (κ2) is 6.87. The van der Waals surface area contributed by atoms with Gasteiger partial charge in [-0.3, -0.25) is 9.69 Å². The zero-order valence-electron chi connectivity index (χ0n) is 16.4. The number of anilines is 1. The number of carbonyl (C=O) groups is 1. The number of rotatable bonds is 1. The Morgan fingerprint density at radius 1 is 1.07 bits per heavy atom. The zero-order valence-corrected chi connectivity index (χ0v) is 17.2. The fourth-order valence-electron chi connectivity index (χ4n) is 5.95. The molecule has 1 aliphatic heterocycles. The molecule has 0 unspecified atom stereocenters. The minimum absolute atomic E-state index is 0.0162. The van der Waals surface area contributed by atoms with Gasteiger partial charge in [-0.2, -0.15) is 4.98 Å². The predicted molar refractivity (Wildman–Crippen MR) is 110 cm³/mol. The summed E-state index contributed by atoms with van der Waals surface area (Å²) in [6.07, 6.45) is 10.8. The number of benzene rings is 1. The van der Waals surface area contributed by atoms with Gasteiger partial charge < -0.3 is 0 Å². The second-order valence-corrected chi connectivity index (χ2v) is 9.10. The van der Waals surface area contributed by atoms with Crippen LogP contribution < -0.4 is 4.90 Å². The molecule has 2 aliphatic carbocycles. The van der Waals surface area contributed by atoms with Crippen molar-refractivity contribution < 1.29 is 4.79 Å². The van der Waals surface area contributed by atoms with Gasteiger partial charge >= 0.3 is 0 Å². The van der Waals surface area contributed by atoms with Gasteiger partial charge in [0.25, 0.3) is 0 Å². The number of hydrogen-bond acceptors (Lipinski definition) is 3. The van der Waals surface area contributed by atoms with Crippen LogP contribution in [0.25, 0.3) is 11.4 Å². The lowest BCUT2D eigenvalue weighted by atomic mass is 9.64. The molecule has 6 heteroatoms.